The Bertz CT molecular complexity index is 867. The predicted molar refractivity (Wildman–Crippen MR) is 107 cm³/mol. The Balaban J connectivity index is 2.38. The zero-order valence-corrected chi connectivity index (χ0v) is 16.8. The van der Waals surface area contributed by atoms with Crippen LogP contribution in [0.1, 0.15) is 22.8 Å². The lowest BCUT2D eigenvalue weighted by molar-refractivity contribution is -0.384. The molecule has 0 aromatic heterocycles. The number of nitro groups is 1. The first-order chi connectivity index (χ1) is 13.3. The van der Waals surface area contributed by atoms with Crippen molar-refractivity contribution in [2.24, 2.45) is 0 Å². The summed E-state index contributed by atoms with van der Waals surface area (Å²) >= 11 is 0. The third-order valence-corrected chi connectivity index (χ3v) is 4.39. The predicted octanol–water partition coefficient (Wildman–Crippen LogP) is 3.34. The van der Waals surface area contributed by atoms with Gasteiger partial charge in [0.2, 0.25) is 0 Å². The molecule has 0 N–H and O–H groups in total. The van der Waals surface area contributed by atoms with E-state index in [4.69, 9.17) is 9.47 Å². The van der Waals surface area contributed by atoms with Gasteiger partial charge in [-0.05, 0) is 30.7 Å². The van der Waals surface area contributed by atoms with E-state index in [0.29, 0.717) is 35.8 Å². The summed E-state index contributed by atoms with van der Waals surface area (Å²) in [7, 11) is 6.70. The van der Waals surface area contributed by atoms with E-state index in [1.165, 1.54) is 12.1 Å². The first-order valence-electron chi connectivity index (χ1n) is 8.78. The summed E-state index contributed by atoms with van der Waals surface area (Å²) in [5, 5.41) is 11.2. The average Bonchev–Trinajstić information content (AvgIpc) is 2.70. The molecule has 2 aromatic carbocycles. The molecular formula is C20H25N3O5. The van der Waals surface area contributed by atoms with E-state index in [2.05, 4.69) is 0 Å². The molecule has 8 heteroatoms. The first kappa shape index (κ1) is 21.0. The van der Waals surface area contributed by atoms with Crippen LogP contribution in [0.25, 0.3) is 0 Å². The third-order valence-electron chi connectivity index (χ3n) is 4.39. The highest BCUT2D eigenvalue weighted by molar-refractivity contribution is 6.00. The van der Waals surface area contributed by atoms with Crippen LogP contribution in [0.5, 0.6) is 11.5 Å². The van der Waals surface area contributed by atoms with Crippen LogP contribution in [0.2, 0.25) is 0 Å². The molecule has 0 fully saturated rings. The van der Waals surface area contributed by atoms with E-state index in [0.717, 1.165) is 5.56 Å². The Morgan fingerprint density at radius 2 is 1.75 bits per heavy atom. The van der Waals surface area contributed by atoms with Gasteiger partial charge in [-0.3, -0.25) is 14.9 Å². The number of nitro benzene ring substituents is 1. The van der Waals surface area contributed by atoms with Crippen molar-refractivity contribution in [3.8, 4) is 11.5 Å². The Morgan fingerprint density at radius 3 is 2.29 bits per heavy atom. The lowest BCUT2D eigenvalue weighted by Crippen LogP contribution is -2.31. The summed E-state index contributed by atoms with van der Waals surface area (Å²) in [6, 6.07) is 9.78. The number of methoxy groups -OCH3 is 2. The Labute approximate surface area is 164 Å². The molecule has 0 aliphatic carbocycles. The van der Waals surface area contributed by atoms with Crippen LogP contribution in [-0.2, 0) is 6.54 Å². The SMILES string of the molecule is CCN(Cc1ccc(OC)c(OC)c1)C(=O)c1cc([N+](=O)[O-])ccc1N(C)C. The summed E-state index contributed by atoms with van der Waals surface area (Å²) in [6.07, 6.45) is 0. The van der Waals surface area contributed by atoms with Crippen LogP contribution in [0.4, 0.5) is 11.4 Å². The molecule has 0 spiro atoms. The second-order valence-electron chi connectivity index (χ2n) is 6.36. The second-order valence-corrected chi connectivity index (χ2v) is 6.36. The molecule has 0 radical (unpaired) electrons. The van der Waals surface area contributed by atoms with E-state index < -0.39 is 4.92 Å². The van der Waals surface area contributed by atoms with E-state index in [-0.39, 0.29) is 11.6 Å². The number of non-ortho nitro benzene ring substituents is 1. The number of carbonyl (C=O) groups is 1. The largest absolute Gasteiger partial charge is 0.493 e. The summed E-state index contributed by atoms with van der Waals surface area (Å²) < 4.78 is 10.6. The molecular weight excluding hydrogens is 362 g/mol. The fraction of sp³-hybridized carbons (Fsp3) is 0.350. The number of ether oxygens (including phenoxy) is 2. The van der Waals surface area contributed by atoms with Gasteiger partial charge >= 0.3 is 0 Å². The summed E-state index contributed by atoms with van der Waals surface area (Å²) in [5.41, 5.74) is 1.67. The molecule has 0 aliphatic heterocycles. The van der Waals surface area contributed by atoms with Crippen molar-refractivity contribution < 1.29 is 19.2 Å². The van der Waals surface area contributed by atoms with Crippen LogP contribution in [0.3, 0.4) is 0 Å². The van der Waals surface area contributed by atoms with Gasteiger partial charge in [-0.1, -0.05) is 6.07 Å². The smallest absolute Gasteiger partial charge is 0.270 e. The Kier molecular flexibility index (Phi) is 6.81. The van der Waals surface area contributed by atoms with Crippen molar-refractivity contribution in [2.45, 2.75) is 13.5 Å². The Morgan fingerprint density at radius 1 is 1.07 bits per heavy atom. The van der Waals surface area contributed by atoms with E-state index in [9.17, 15) is 14.9 Å². The number of carbonyl (C=O) groups excluding carboxylic acids is 1. The van der Waals surface area contributed by atoms with Gasteiger partial charge in [-0.2, -0.15) is 0 Å². The van der Waals surface area contributed by atoms with Gasteiger partial charge in [0.05, 0.1) is 24.7 Å². The molecule has 2 rings (SSSR count). The van der Waals surface area contributed by atoms with Gasteiger partial charge in [-0.15, -0.1) is 0 Å². The molecule has 0 atom stereocenters. The molecule has 0 saturated carbocycles. The molecule has 0 aliphatic rings. The maximum atomic E-state index is 13.2. The molecule has 0 unspecified atom stereocenters. The quantitative estimate of drug-likeness (QED) is 0.510. The number of benzene rings is 2. The van der Waals surface area contributed by atoms with E-state index in [1.54, 1.807) is 50.2 Å². The van der Waals surface area contributed by atoms with Gasteiger partial charge in [0.15, 0.2) is 11.5 Å². The third kappa shape index (κ3) is 4.51. The summed E-state index contributed by atoms with van der Waals surface area (Å²) in [6.45, 7) is 2.65. The average molecular weight is 387 g/mol. The molecule has 0 saturated heterocycles. The minimum atomic E-state index is -0.499. The van der Waals surface area contributed by atoms with Crippen molar-refractivity contribution in [3.63, 3.8) is 0 Å². The van der Waals surface area contributed by atoms with E-state index >= 15 is 0 Å². The van der Waals surface area contributed by atoms with Gasteiger partial charge in [0.1, 0.15) is 0 Å². The van der Waals surface area contributed by atoms with Gasteiger partial charge < -0.3 is 19.3 Å². The number of rotatable bonds is 8. The van der Waals surface area contributed by atoms with E-state index in [1.807, 2.05) is 19.1 Å². The zero-order valence-electron chi connectivity index (χ0n) is 16.8. The van der Waals surface area contributed by atoms with Crippen molar-refractivity contribution in [2.75, 3.05) is 39.8 Å². The number of hydrogen-bond acceptors (Lipinski definition) is 6. The number of amides is 1. The molecule has 150 valence electrons. The maximum absolute atomic E-state index is 13.2. The number of nitrogens with zero attached hydrogens (tertiary/aromatic N) is 3. The van der Waals surface area contributed by atoms with Crippen LogP contribution in [0.15, 0.2) is 36.4 Å². The highest BCUT2D eigenvalue weighted by atomic mass is 16.6. The summed E-state index contributed by atoms with van der Waals surface area (Å²) in [5.74, 6) is 0.909. The minimum Gasteiger partial charge on any atom is -0.493 e. The lowest BCUT2D eigenvalue weighted by Gasteiger charge is -2.24. The highest BCUT2D eigenvalue weighted by Gasteiger charge is 2.22. The van der Waals surface area contributed by atoms with Crippen LogP contribution >= 0.6 is 0 Å². The molecule has 1 amide bonds. The molecule has 0 bridgehead atoms. The van der Waals surface area contributed by atoms with Gasteiger partial charge in [-0.25, -0.2) is 0 Å². The van der Waals surface area contributed by atoms with Crippen LogP contribution in [0, 0.1) is 10.1 Å². The minimum absolute atomic E-state index is 0.115. The van der Waals surface area contributed by atoms with Crippen LogP contribution in [-0.4, -0.2) is 50.6 Å². The molecule has 0 heterocycles. The first-order valence-corrected chi connectivity index (χ1v) is 8.78. The van der Waals surface area contributed by atoms with Crippen LogP contribution < -0.4 is 14.4 Å². The number of anilines is 1. The highest BCUT2D eigenvalue weighted by Crippen LogP contribution is 2.29. The zero-order chi connectivity index (χ0) is 20.8. The van der Waals surface area contributed by atoms with Gasteiger partial charge in [0, 0.05) is 45.0 Å². The fourth-order valence-corrected chi connectivity index (χ4v) is 2.90. The normalized spacial score (nSPS) is 10.3. The monoisotopic (exact) mass is 387 g/mol. The molecule has 2 aromatic rings. The maximum Gasteiger partial charge on any atom is 0.270 e. The number of hydrogen-bond donors (Lipinski definition) is 0. The molecule has 8 nitrogen and oxygen atoms in total. The summed E-state index contributed by atoms with van der Waals surface area (Å²) in [4.78, 5) is 27.2. The standard InChI is InChI=1S/C20H25N3O5/c1-6-22(13-14-7-10-18(27-4)19(11-14)28-5)20(24)16-12-15(23(25)26)8-9-17(16)21(2)3/h7-12H,6,13H2,1-5H3. The van der Waals surface area contributed by atoms with Crippen molar-refractivity contribution in [3.05, 3.63) is 57.6 Å². The van der Waals surface area contributed by atoms with Crippen molar-refractivity contribution in [1.29, 1.82) is 0 Å². The van der Waals surface area contributed by atoms with Gasteiger partial charge in [0.25, 0.3) is 11.6 Å². The fourth-order valence-electron chi connectivity index (χ4n) is 2.90. The second kappa shape index (κ2) is 9.07. The van der Waals surface area contributed by atoms with Crippen molar-refractivity contribution in [1.82, 2.24) is 4.90 Å². The molecule has 28 heavy (non-hydrogen) atoms. The van der Waals surface area contributed by atoms with Crippen molar-refractivity contribution >= 4 is 17.3 Å². The lowest BCUT2D eigenvalue weighted by atomic mass is 10.1. The topological polar surface area (TPSA) is 85.1 Å². The Hall–Kier alpha value is -3.29.